The van der Waals surface area contributed by atoms with Gasteiger partial charge in [-0.15, -0.1) is 0 Å². The van der Waals surface area contributed by atoms with Gasteiger partial charge in [0.05, 0.1) is 0 Å². The number of piperazine rings is 1. The molecule has 1 aliphatic rings. The van der Waals surface area contributed by atoms with Crippen LogP contribution in [0.25, 0.3) is 0 Å². The van der Waals surface area contributed by atoms with E-state index in [9.17, 15) is 5.11 Å². The lowest BCUT2D eigenvalue weighted by Crippen LogP contribution is -2.47. The number of ether oxygens (including phenoxy) is 1. The molecule has 1 atom stereocenters. The molecule has 0 aliphatic carbocycles. The van der Waals surface area contributed by atoms with Crippen molar-refractivity contribution < 1.29 is 9.84 Å². The summed E-state index contributed by atoms with van der Waals surface area (Å²) in [6.45, 7) is 9.35. The largest absolute Gasteiger partial charge is 0.491 e. The number of nitrogens with one attached hydrogen (secondary N) is 1. The molecule has 1 heterocycles. The molecule has 0 amide bonds. The second kappa shape index (κ2) is 7.62. The fourth-order valence-corrected chi connectivity index (χ4v) is 2.52. The van der Waals surface area contributed by atoms with Crippen molar-refractivity contribution in [2.75, 3.05) is 39.3 Å². The predicted molar refractivity (Wildman–Crippen MR) is 81.3 cm³/mol. The standard InChI is InChI=1S/C16H26N2O2/c1-13(2)15-5-3-4-6-16(15)20-12-14(19)11-18-9-7-17-8-10-18/h3-6,13-14,17,19H,7-12H2,1-2H3. The van der Waals surface area contributed by atoms with E-state index in [-0.39, 0.29) is 0 Å². The van der Waals surface area contributed by atoms with Crippen LogP contribution >= 0.6 is 0 Å². The van der Waals surface area contributed by atoms with Crippen LogP contribution in [0.2, 0.25) is 0 Å². The van der Waals surface area contributed by atoms with Gasteiger partial charge in [0.15, 0.2) is 0 Å². The smallest absolute Gasteiger partial charge is 0.122 e. The first-order valence-corrected chi connectivity index (χ1v) is 7.49. The minimum absolute atomic E-state index is 0.355. The van der Waals surface area contributed by atoms with Gasteiger partial charge >= 0.3 is 0 Å². The monoisotopic (exact) mass is 278 g/mol. The zero-order chi connectivity index (χ0) is 14.4. The number of rotatable bonds is 6. The van der Waals surface area contributed by atoms with Crippen molar-refractivity contribution in [3.8, 4) is 5.75 Å². The number of benzene rings is 1. The van der Waals surface area contributed by atoms with Crippen molar-refractivity contribution in [2.24, 2.45) is 0 Å². The molecule has 0 radical (unpaired) electrons. The maximum atomic E-state index is 10.1. The van der Waals surface area contributed by atoms with Crippen LogP contribution in [0.3, 0.4) is 0 Å². The number of aliphatic hydroxyl groups excluding tert-OH is 1. The average Bonchev–Trinajstić information content (AvgIpc) is 2.46. The number of hydrogen-bond acceptors (Lipinski definition) is 4. The highest BCUT2D eigenvalue weighted by molar-refractivity contribution is 5.35. The summed E-state index contributed by atoms with van der Waals surface area (Å²) >= 11 is 0. The summed E-state index contributed by atoms with van der Waals surface area (Å²) in [7, 11) is 0. The van der Waals surface area contributed by atoms with Crippen LogP contribution in [0.4, 0.5) is 0 Å². The molecule has 2 rings (SSSR count). The maximum Gasteiger partial charge on any atom is 0.122 e. The van der Waals surface area contributed by atoms with E-state index in [2.05, 4.69) is 30.1 Å². The summed E-state index contributed by atoms with van der Waals surface area (Å²) < 4.78 is 5.81. The molecule has 20 heavy (non-hydrogen) atoms. The predicted octanol–water partition coefficient (Wildman–Crippen LogP) is 1.45. The highest BCUT2D eigenvalue weighted by atomic mass is 16.5. The third-order valence-electron chi connectivity index (χ3n) is 3.65. The minimum Gasteiger partial charge on any atom is -0.491 e. The van der Waals surface area contributed by atoms with Gasteiger partial charge in [-0.25, -0.2) is 0 Å². The van der Waals surface area contributed by atoms with E-state index < -0.39 is 6.10 Å². The molecule has 1 unspecified atom stereocenters. The Hall–Kier alpha value is -1.10. The highest BCUT2D eigenvalue weighted by Crippen LogP contribution is 2.25. The Morgan fingerprint density at radius 3 is 2.65 bits per heavy atom. The molecule has 4 nitrogen and oxygen atoms in total. The summed E-state index contributed by atoms with van der Waals surface area (Å²) in [6, 6.07) is 8.07. The number of nitrogens with zero attached hydrogens (tertiary/aromatic N) is 1. The van der Waals surface area contributed by atoms with E-state index in [1.165, 1.54) is 5.56 Å². The first kappa shape index (κ1) is 15.3. The van der Waals surface area contributed by atoms with Crippen LogP contribution in [0.1, 0.15) is 25.3 Å². The molecule has 4 heteroatoms. The topological polar surface area (TPSA) is 44.7 Å². The molecule has 2 N–H and O–H groups in total. The molecule has 1 fully saturated rings. The fourth-order valence-electron chi connectivity index (χ4n) is 2.52. The van der Waals surface area contributed by atoms with Crippen molar-refractivity contribution >= 4 is 0 Å². The molecule has 112 valence electrons. The lowest BCUT2D eigenvalue weighted by molar-refractivity contribution is 0.0637. The van der Waals surface area contributed by atoms with E-state index in [0.29, 0.717) is 19.1 Å². The zero-order valence-corrected chi connectivity index (χ0v) is 12.5. The molecule has 1 aliphatic heterocycles. The van der Waals surface area contributed by atoms with Crippen LogP contribution in [0.15, 0.2) is 24.3 Å². The summed E-state index contributed by atoms with van der Waals surface area (Å²) in [6.07, 6.45) is -0.437. The van der Waals surface area contributed by atoms with Gasteiger partial charge < -0.3 is 15.2 Å². The number of aliphatic hydroxyl groups is 1. The Morgan fingerprint density at radius 2 is 1.95 bits per heavy atom. The third kappa shape index (κ3) is 4.47. The van der Waals surface area contributed by atoms with Crippen LogP contribution in [0, 0.1) is 0 Å². The van der Waals surface area contributed by atoms with E-state index in [4.69, 9.17) is 4.74 Å². The van der Waals surface area contributed by atoms with E-state index in [0.717, 1.165) is 31.9 Å². The van der Waals surface area contributed by atoms with E-state index >= 15 is 0 Å². The van der Waals surface area contributed by atoms with Crippen molar-refractivity contribution in [2.45, 2.75) is 25.9 Å². The van der Waals surface area contributed by atoms with Gasteiger partial charge in [0.25, 0.3) is 0 Å². The molecule has 1 aromatic rings. The van der Waals surface area contributed by atoms with Gasteiger partial charge in [-0.05, 0) is 17.5 Å². The molecule has 0 bridgehead atoms. The maximum absolute atomic E-state index is 10.1. The van der Waals surface area contributed by atoms with Gasteiger partial charge in [-0.1, -0.05) is 32.0 Å². The first-order chi connectivity index (χ1) is 9.66. The van der Waals surface area contributed by atoms with Crippen molar-refractivity contribution in [1.82, 2.24) is 10.2 Å². The lowest BCUT2D eigenvalue weighted by Gasteiger charge is -2.29. The van der Waals surface area contributed by atoms with Gasteiger partial charge in [-0.3, -0.25) is 4.90 Å². The highest BCUT2D eigenvalue weighted by Gasteiger charge is 2.15. The zero-order valence-electron chi connectivity index (χ0n) is 12.5. The second-order valence-electron chi connectivity index (χ2n) is 5.71. The van der Waals surface area contributed by atoms with Gasteiger partial charge in [0.2, 0.25) is 0 Å². The van der Waals surface area contributed by atoms with Gasteiger partial charge in [-0.2, -0.15) is 0 Å². The quantitative estimate of drug-likeness (QED) is 0.827. The summed E-state index contributed by atoms with van der Waals surface area (Å²) in [5, 5.41) is 13.4. The Labute approximate surface area is 121 Å². The number of hydrogen-bond donors (Lipinski definition) is 2. The first-order valence-electron chi connectivity index (χ1n) is 7.49. The number of β-amino-alcohol motifs (C(OH)–C–C–N with tert-alkyl or cyclic N) is 1. The normalized spacial score (nSPS) is 18.2. The second-order valence-corrected chi connectivity index (χ2v) is 5.71. The third-order valence-corrected chi connectivity index (χ3v) is 3.65. The molecular formula is C16H26N2O2. The van der Waals surface area contributed by atoms with Crippen LogP contribution in [-0.4, -0.2) is 55.4 Å². The molecule has 0 spiro atoms. The molecular weight excluding hydrogens is 252 g/mol. The molecule has 0 aromatic heterocycles. The van der Waals surface area contributed by atoms with E-state index in [1.54, 1.807) is 0 Å². The summed E-state index contributed by atoms with van der Waals surface area (Å²) in [5.41, 5.74) is 1.20. The average molecular weight is 278 g/mol. The molecule has 1 aromatic carbocycles. The Kier molecular flexibility index (Phi) is 5.83. The van der Waals surface area contributed by atoms with Crippen LogP contribution in [0.5, 0.6) is 5.75 Å². The molecule has 1 saturated heterocycles. The van der Waals surface area contributed by atoms with Gasteiger partial charge in [0, 0.05) is 32.7 Å². The SMILES string of the molecule is CC(C)c1ccccc1OCC(O)CN1CCNCC1. The Morgan fingerprint density at radius 1 is 1.25 bits per heavy atom. The van der Waals surface area contributed by atoms with Crippen molar-refractivity contribution in [3.63, 3.8) is 0 Å². The molecule has 0 saturated carbocycles. The Balaban J connectivity index is 1.82. The van der Waals surface area contributed by atoms with Crippen molar-refractivity contribution in [3.05, 3.63) is 29.8 Å². The van der Waals surface area contributed by atoms with Crippen molar-refractivity contribution in [1.29, 1.82) is 0 Å². The van der Waals surface area contributed by atoms with Gasteiger partial charge in [0.1, 0.15) is 18.5 Å². The lowest BCUT2D eigenvalue weighted by atomic mass is 10.0. The van der Waals surface area contributed by atoms with Crippen LogP contribution in [-0.2, 0) is 0 Å². The fraction of sp³-hybridized carbons (Fsp3) is 0.625. The van der Waals surface area contributed by atoms with E-state index in [1.807, 2.05) is 18.2 Å². The summed E-state index contributed by atoms with van der Waals surface area (Å²) in [5.74, 6) is 1.32. The van der Waals surface area contributed by atoms with Crippen LogP contribution < -0.4 is 10.1 Å². The Bertz CT molecular complexity index is 403. The summed E-state index contributed by atoms with van der Waals surface area (Å²) in [4.78, 5) is 2.28. The number of para-hydroxylation sites is 1. The minimum atomic E-state index is -0.437.